The number of aryl methyl sites for hydroxylation is 1. The van der Waals surface area contributed by atoms with E-state index in [0.717, 1.165) is 23.9 Å². The Morgan fingerprint density at radius 3 is 2.60 bits per heavy atom. The van der Waals surface area contributed by atoms with Gasteiger partial charge in [-0.05, 0) is 39.5 Å². The molecule has 0 aliphatic heterocycles. The number of thiazole rings is 1. The first kappa shape index (κ1) is 24.1. The molecule has 0 saturated carbocycles. The molecule has 0 bridgehead atoms. The SMILES string of the molecule is CCOC(=O)c1sc(C(C)NC(=NC)NCCCC(C)C)nc1C.I. The number of hydrogen-bond donors (Lipinski definition) is 2. The van der Waals surface area contributed by atoms with Crippen LogP contribution in [0.5, 0.6) is 0 Å². The fraction of sp³-hybridized carbons (Fsp3) is 0.706. The number of carbonyl (C=O) groups excluding carboxylic acids is 1. The van der Waals surface area contributed by atoms with E-state index in [1.165, 1.54) is 17.8 Å². The second-order valence-electron chi connectivity index (χ2n) is 6.09. The van der Waals surface area contributed by atoms with Crippen molar-refractivity contribution < 1.29 is 9.53 Å². The summed E-state index contributed by atoms with van der Waals surface area (Å²) >= 11 is 1.37. The lowest BCUT2D eigenvalue weighted by Gasteiger charge is -2.16. The Kier molecular flexibility index (Phi) is 12.0. The molecule has 0 radical (unpaired) electrons. The van der Waals surface area contributed by atoms with Crippen molar-refractivity contribution in [1.29, 1.82) is 0 Å². The van der Waals surface area contributed by atoms with Gasteiger partial charge in [0.15, 0.2) is 5.96 Å². The molecule has 0 fully saturated rings. The molecule has 1 heterocycles. The second kappa shape index (κ2) is 12.5. The molecule has 0 aromatic carbocycles. The van der Waals surface area contributed by atoms with Crippen LogP contribution in [0.3, 0.4) is 0 Å². The van der Waals surface area contributed by atoms with Crippen LogP contribution in [0.4, 0.5) is 0 Å². The summed E-state index contributed by atoms with van der Waals surface area (Å²) in [4.78, 5) is 21.2. The monoisotopic (exact) mass is 482 g/mol. The summed E-state index contributed by atoms with van der Waals surface area (Å²) in [5, 5.41) is 7.48. The van der Waals surface area contributed by atoms with Crippen LogP contribution in [-0.2, 0) is 4.74 Å². The Balaban J connectivity index is 0.00000576. The van der Waals surface area contributed by atoms with E-state index in [0.29, 0.717) is 23.1 Å². The highest BCUT2D eigenvalue weighted by atomic mass is 127. The molecule has 1 rings (SSSR count). The summed E-state index contributed by atoms with van der Waals surface area (Å²) in [7, 11) is 1.75. The van der Waals surface area contributed by atoms with Gasteiger partial charge in [-0.2, -0.15) is 0 Å². The first-order valence-corrected chi connectivity index (χ1v) is 9.32. The van der Waals surface area contributed by atoms with Crippen LogP contribution in [0, 0.1) is 12.8 Å². The predicted octanol–water partition coefficient (Wildman–Crippen LogP) is 3.91. The lowest BCUT2D eigenvalue weighted by atomic mass is 10.1. The Labute approximate surface area is 172 Å². The maximum atomic E-state index is 11.9. The van der Waals surface area contributed by atoms with Gasteiger partial charge < -0.3 is 15.4 Å². The number of aliphatic imine (C=N–C) groups is 1. The van der Waals surface area contributed by atoms with Gasteiger partial charge in [-0.1, -0.05) is 13.8 Å². The van der Waals surface area contributed by atoms with Crippen LogP contribution in [-0.4, -0.2) is 37.1 Å². The van der Waals surface area contributed by atoms with Crippen LogP contribution in [0.1, 0.15) is 67.0 Å². The summed E-state index contributed by atoms with van der Waals surface area (Å²) in [6.07, 6.45) is 2.30. The summed E-state index contributed by atoms with van der Waals surface area (Å²) in [6.45, 7) is 11.3. The highest BCUT2D eigenvalue weighted by molar-refractivity contribution is 14.0. The molecule has 1 aromatic rings. The smallest absolute Gasteiger partial charge is 0.350 e. The molecule has 1 atom stereocenters. The van der Waals surface area contributed by atoms with Crippen LogP contribution in [0.2, 0.25) is 0 Å². The van der Waals surface area contributed by atoms with Crippen LogP contribution in [0.25, 0.3) is 0 Å². The Hall–Kier alpha value is -0.900. The fourth-order valence-corrected chi connectivity index (χ4v) is 3.13. The second-order valence-corrected chi connectivity index (χ2v) is 7.12. The van der Waals surface area contributed by atoms with E-state index in [1.807, 2.05) is 13.8 Å². The van der Waals surface area contributed by atoms with Crippen LogP contribution >= 0.6 is 35.3 Å². The standard InChI is InChI=1S/C17H30N4O2S.HI/c1-7-23-16(22)14-12(4)20-15(24-14)13(5)21-17(18-6)19-10-8-9-11(2)3;/h11,13H,7-10H2,1-6H3,(H2,18,19,21);1H. The predicted molar refractivity (Wildman–Crippen MR) is 115 cm³/mol. The number of hydrogen-bond acceptors (Lipinski definition) is 5. The molecular weight excluding hydrogens is 451 g/mol. The number of esters is 1. The normalized spacial score (nSPS) is 12.5. The van der Waals surface area contributed by atoms with Crippen molar-refractivity contribution in [2.75, 3.05) is 20.2 Å². The van der Waals surface area contributed by atoms with Crippen molar-refractivity contribution in [3.8, 4) is 0 Å². The van der Waals surface area contributed by atoms with Gasteiger partial charge in [0.2, 0.25) is 0 Å². The zero-order valence-corrected chi connectivity index (χ0v) is 19.2. The highest BCUT2D eigenvalue weighted by Gasteiger charge is 2.19. The van der Waals surface area contributed by atoms with E-state index in [9.17, 15) is 4.79 Å². The number of carbonyl (C=O) groups is 1. The first-order chi connectivity index (χ1) is 11.4. The maximum absolute atomic E-state index is 11.9. The fourth-order valence-electron chi connectivity index (χ4n) is 2.17. The van der Waals surface area contributed by atoms with Crippen LogP contribution in [0.15, 0.2) is 4.99 Å². The van der Waals surface area contributed by atoms with Gasteiger partial charge in [0, 0.05) is 13.6 Å². The molecule has 1 unspecified atom stereocenters. The minimum absolute atomic E-state index is 0. The van der Waals surface area contributed by atoms with Gasteiger partial charge in [0.05, 0.1) is 18.3 Å². The average Bonchev–Trinajstić information content (AvgIpc) is 2.92. The van der Waals surface area contributed by atoms with Crippen molar-refractivity contribution >= 4 is 47.2 Å². The largest absolute Gasteiger partial charge is 0.462 e. The topological polar surface area (TPSA) is 75.6 Å². The molecule has 144 valence electrons. The van der Waals surface area contributed by atoms with E-state index in [4.69, 9.17) is 4.74 Å². The van der Waals surface area contributed by atoms with Gasteiger partial charge >= 0.3 is 5.97 Å². The van der Waals surface area contributed by atoms with E-state index in [2.05, 4.69) is 34.5 Å². The molecule has 2 N–H and O–H groups in total. The van der Waals surface area contributed by atoms with Gasteiger partial charge in [-0.15, -0.1) is 35.3 Å². The molecule has 0 spiro atoms. The van der Waals surface area contributed by atoms with Gasteiger partial charge in [-0.3, -0.25) is 4.99 Å². The molecule has 1 aromatic heterocycles. The van der Waals surface area contributed by atoms with Crippen molar-refractivity contribution in [3.63, 3.8) is 0 Å². The maximum Gasteiger partial charge on any atom is 0.350 e. The number of nitrogens with one attached hydrogen (secondary N) is 2. The van der Waals surface area contributed by atoms with Gasteiger partial charge in [0.25, 0.3) is 0 Å². The lowest BCUT2D eigenvalue weighted by molar-refractivity contribution is 0.0531. The summed E-state index contributed by atoms with van der Waals surface area (Å²) in [5.41, 5.74) is 0.710. The van der Waals surface area contributed by atoms with E-state index < -0.39 is 0 Å². The van der Waals surface area contributed by atoms with Crippen molar-refractivity contribution in [1.82, 2.24) is 15.6 Å². The number of aromatic nitrogens is 1. The molecule has 0 aliphatic rings. The van der Waals surface area contributed by atoms with Gasteiger partial charge in [-0.25, -0.2) is 9.78 Å². The van der Waals surface area contributed by atoms with Crippen LogP contribution < -0.4 is 10.6 Å². The van der Waals surface area contributed by atoms with E-state index in [1.54, 1.807) is 14.0 Å². The Morgan fingerprint density at radius 1 is 1.36 bits per heavy atom. The molecule has 8 heteroatoms. The molecule has 0 aliphatic carbocycles. The van der Waals surface area contributed by atoms with Gasteiger partial charge in [0.1, 0.15) is 9.88 Å². The highest BCUT2D eigenvalue weighted by Crippen LogP contribution is 2.24. The average molecular weight is 482 g/mol. The van der Waals surface area contributed by atoms with Crippen molar-refractivity contribution in [2.24, 2.45) is 10.9 Å². The third-order valence-corrected chi connectivity index (χ3v) is 4.79. The summed E-state index contributed by atoms with van der Waals surface area (Å²) in [6, 6.07) is -0.0341. The third-order valence-electron chi connectivity index (χ3n) is 3.47. The summed E-state index contributed by atoms with van der Waals surface area (Å²) < 4.78 is 5.06. The quantitative estimate of drug-likeness (QED) is 0.193. The first-order valence-electron chi connectivity index (χ1n) is 8.50. The molecular formula is C17H31IN4O2S. The summed E-state index contributed by atoms with van der Waals surface area (Å²) in [5.74, 6) is 1.15. The number of ether oxygens (including phenoxy) is 1. The Morgan fingerprint density at radius 2 is 2.04 bits per heavy atom. The zero-order valence-electron chi connectivity index (χ0n) is 16.0. The van der Waals surface area contributed by atoms with Crippen molar-refractivity contribution in [3.05, 3.63) is 15.6 Å². The number of nitrogens with zero attached hydrogens (tertiary/aromatic N) is 2. The number of guanidine groups is 1. The number of rotatable bonds is 8. The molecule has 0 saturated heterocycles. The lowest BCUT2D eigenvalue weighted by Crippen LogP contribution is -2.39. The zero-order chi connectivity index (χ0) is 18.1. The molecule has 0 amide bonds. The minimum Gasteiger partial charge on any atom is -0.462 e. The minimum atomic E-state index is -0.304. The number of halogens is 1. The molecule has 25 heavy (non-hydrogen) atoms. The van der Waals surface area contributed by atoms with E-state index >= 15 is 0 Å². The van der Waals surface area contributed by atoms with Crippen molar-refractivity contribution in [2.45, 2.75) is 53.5 Å². The molecule has 6 nitrogen and oxygen atoms in total. The Bertz CT molecular complexity index is 561. The third kappa shape index (κ3) is 8.35. The van der Waals surface area contributed by atoms with E-state index in [-0.39, 0.29) is 36.0 Å².